The van der Waals surface area contributed by atoms with Gasteiger partial charge in [-0.15, -0.1) is 0 Å². The third kappa shape index (κ3) is 3.00. The second kappa shape index (κ2) is 6.65. The number of carbonyl (C=O) groups excluding carboxylic acids is 1. The first-order valence-electron chi connectivity index (χ1n) is 9.77. The predicted octanol–water partition coefficient (Wildman–Crippen LogP) is 2.85. The van der Waals surface area contributed by atoms with E-state index in [0.29, 0.717) is 18.0 Å². The fourth-order valence-corrected chi connectivity index (χ4v) is 4.71. The molecule has 2 fully saturated rings. The first-order chi connectivity index (χ1) is 12.5. The predicted molar refractivity (Wildman–Crippen MR) is 99.8 cm³/mol. The molecule has 1 aliphatic heterocycles. The number of fused-ring (bicyclic) bond motifs is 1. The van der Waals surface area contributed by atoms with E-state index in [1.54, 1.807) is 12.5 Å². The van der Waals surface area contributed by atoms with E-state index in [2.05, 4.69) is 23.8 Å². The topological polar surface area (TPSA) is 71.2 Å². The summed E-state index contributed by atoms with van der Waals surface area (Å²) in [7, 11) is 0. The number of rotatable bonds is 3. The normalized spacial score (nSPS) is 26.3. The molecule has 0 aromatic carbocycles. The number of hydrogen-bond acceptors (Lipinski definition) is 4. The lowest BCUT2D eigenvalue weighted by Crippen LogP contribution is -2.49. The lowest BCUT2D eigenvalue weighted by atomic mass is 9.76. The van der Waals surface area contributed by atoms with Crippen LogP contribution < -0.4 is 0 Å². The van der Waals surface area contributed by atoms with Gasteiger partial charge in [0.1, 0.15) is 5.52 Å². The molecule has 0 radical (unpaired) electrons. The Balaban J connectivity index is 1.56. The van der Waals surface area contributed by atoms with Crippen molar-refractivity contribution in [3.63, 3.8) is 0 Å². The molecule has 0 bridgehead atoms. The van der Waals surface area contributed by atoms with Gasteiger partial charge >= 0.3 is 0 Å². The van der Waals surface area contributed by atoms with Crippen LogP contribution in [0.1, 0.15) is 56.3 Å². The van der Waals surface area contributed by atoms with Crippen molar-refractivity contribution in [1.29, 1.82) is 0 Å². The van der Waals surface area contributed by atoms with Crippen molar-refractivity contribution in [2.24, 2.45) is 11.3 Å². The van der Waals surface area contributed by atoms with Gasteiger partial charge in [-0.05, 0) is 37.7 Å². The summed E-state index contributed by atoms with van der Waals surface area (Å²) in [5, 5.41) is 10.4. The molecule has 0 unspecified atom stereocenters. The molecule has 2 aromatic rings. The van der Waals surface area contributed by atoms with Gasteiger partial charge in [0.2, 0.25) is 0 Å². The highest BCUT2D eigenvalue weighted by atomic mass is 16.3. The number of piperidine rings is 1. The summed E-state index contributed by atoms with van der Waals surface area (Å²) >= 11 is 0. The highest BCUT2D eigenvalue weighted by Gasteiger charge is 2.45. The highest BCUT2D eigenvalue weighted by molar-refractivity contribution is 5.96. The van der Waals surface area contributed by atoms with Crippen LogP contribution in [0.4, 0.5) is 0 Å². The fraction of sp³-hybridized carbons (Fsp3) is 0.650. The van der Waals surface area contributed by atoms with Crippen LogP contribution in [-0.4, -0.2) is 49.6 Å². The van der Waals surface area contributed by atoms with Gasteiger partial charge in [-0.25, -0.2) is 9.97 Å². The quantitative estimate of drug-likeness (QED) is 0.918. The van der Waals surface area contributed by atoms with Gasteiger partial charge in [0, 0.05) is 31.2 Å². The van der Waals surface area contributed by atoms with Crippen molar-refractivity contribution in [3.8, 4) is 0 Å². The van der Waals surface area contributed by atoms with Crippen molar-refractivity contribution in [1.82, 2.24) is 19.4 Å². The molecule has 4 rings (SSSR count). The Hall–Kier alpha value is -1.95. The van der Waals surface area contributed by atoms with E-state index >= 15 is 0 Å². The number of aromatic nitrogens is 3. The molecule has 26 heavy (non-hydrogen) atoms. The number of imidazole rings is 1. The minimum atomic E-state index is -0.273. The number of aliphatic hydroxyl groups is 1. The SMILES string of the molecule is CC(C)Cn1cnc2cc(C(=O)N3CCC[C@@]4(CCC[C@H]4O)C3)cnc21. The summed E-state index contributed by atoms with van der Waals surface area (Å²) in [5.41, 5.74) is 2.10. The van der Waals surface area contributed by atoms with Crippen molar-refractivity contribution in [2.75, 3.05) is 13.1 Å². The Bertz CT molecular complexity index is 815. The number of carbonyl (C=O) groups is 1. The summed E-state index contributed by atoms with van der Waals surface area (Å²) in [6.45, 7) is 6.60. The monoisotopic (exact) mass is 356 g/mol. The Morgan fingerprint density at radius 1 is 1.35 bits per heavy atom. The molecule has 1 aliphatic carbocycles. The van der Waals surface area contributed by atoms with Crippen molar-refractivity contribution < 1.29 is 9.90 Å². The summed E-state index contributed by atoms with van der Waals surface area (Å²) in [6, 6.07) is 1.86. The molecule has 3 heterocycles. The largest absolute Gasteiger partial charge is 0.392 e. The molecule has 2 atom stereocenters. The average molecular weight is 356 g/mol. The summed E-state index contributed by atoms with van der Waals surface area (Å²) in [4.78, 5) is 23.9. The molecule has 1 saturated carbocycles. The van der Waals surface area contributed by atoms with Crippen LogP contribution in [0.2, 0.25) is 0 Å². The molecule has 1 saturated heterocycles. The molecule has 1 amide bonds. The van der Waals surface area contributed by atoms with Gasteiger partial charge in [-0.2, -0.15) is 0 Å². The number of aliphatic hydroxyl groups excluding tert-OH is 1. The van der Waals surface area contributed by atoms with Crippen molar-refractivity contribution >= 4 is 17.1 Å². The number of nitrogens with zero attached hydrogens (tertiary/aromatic N) is 4. The third-order valence-corrected chi connectivity index (χ3v) is 6.02. The van der Waals surface area contributed by atoms with Crippen molar-refractivity contribution in [2.45, 2.75) is 58.6 Å². The van der Waals surface area contributed by atoms with E-state index in [1.165, 1.54) is 0 Å². The summed E-state index contributed by atoms with van der Waals surface area (Å²) in [6.07, 6.45) is 8.13. The van der Waals surface area contributed by atoms with Gasteiger partial charge in [0.05, 0.1) is 18.0 Å². The lowest BCUT2D eigenvalue weighted by Gasteiger charge is -2.42. The van der Waals surface area contributed by atoms with Crippen LogP contribution in [-0.2, 0) is 6.54 Å². The Labute approximate surface area is 154 Å². The van der Waals surface area contributed by atoms with Gasteiger partial charge in [-0.1, -0.05) is 20.3 Å². The highest BCUT2D eigenvalue weighted by Crippen LogP contribution is 2.45. The van der Waals surface area contributed by atoms with E-state index in [1.807, 2.05) is 15.5 Å². The number of amides is 1. The summed E-state index contributed by atoms with van der Waals surface area (Å²) in [5.74, 6) is 0.522. The molecule has 6 nitrogen and oxygen atoms in total. The van der Waals surface area contributed by atoms with Gasteiger partial charge in [0.15, 0.2) is 5.65 Å². The van der Waals surface area contributed by atoms with Gasteiger partial charge in [0.25, 0.3) is 5.91 Å². The molecule has 1 spiro atoms. The first-order valence-corrected chi connectivity index (χ1v) is 9.77. The molecular weight excluding hydrogens is 328 g/mol. The van der Waals surface area contributed by atoms with E-state index in [9.17, 15) is 9.90 Å². The first kappa shape index (κ1) is 17.5. The van der Waals surface area contributed by atoms with Crippen LogP contribution in [0.15, 0.2) is 18.6 Å². The Morgan fingerprint density at radius 3 is 2.88 bits per heavy atom. The standard InChI is InChI=1S/C20H28N4O2/c1-14(2)11-24-13-22-16-9-15(10-21-18(16)24)19(26)23-8-4-7-20(12-23)6-3-5-17(20)25/h9-10,13-14,17,25H,3-8,11-12H2,1-2H3/t17-,20+/m1/s1. The molecular formula is C20H28N4O2. The fourth-order valence-electron chi connectivity index (χ4n) is 4.71. The summed E-state index contributed by atoms with van der Waals surface area (Å²) < 4.78 is 2.04. The second-order valence-corrected chi connectivity index (χ2v) is 8.46. The minimum absolute atomic E-state index is 0.0102. The van der Waals surface area contributed by atoms with Crippen molar-refractivity contribution in [3.05, 3.63) is 24.2 Å². The van der Waals surface area contributed by atoms with E-state index in [-0.39, 0.29) is 17.4 Å². The third-order valence-electron chi connectivity index (χ3n) is 6.02. The average Bonchev–Trinajstić information content (AvgIpc) is 3.18. The maximum absolute atomic E-state index is 13.0. The molecule has 1 N–H and O–H groups in total. The Kier molecular flexibility index (Phi) is 4.47. The molecule has 6 heteroatoms. The zero-order valence-corrected chi connectivity index (χ0v) is 15.7. The smallest absolute Gasteiger partial charge is 0.255 e. The second-order valence-electron chi connectivity index (χ2n) is 8.46. The van der Waals surface area contributed by atoms with Gasteiger partial charge in [-0.3, -0.25) is 4.79 Å². The number of hydrogen-bond donors (Lipinski definition) is 1. The van der Waals surface area contributed by atoms with Crippen LogP contribution in [0, 0.1) is 11.3 Å². The van der Waals surface area contributed by atoms with Crippen LogP contribution >= 0.6 is 0 Å². The van der Waals surface area contributed by atoms with Crippen LogP contribution in [0.3, 0.4) is 0 Å². The Morgan fingerprint density at radius 2 is 2.15 bits per heavy atom. The molecule has 2 aliphatic rings. The zero-order chi connectivity index (χ0) is 18.3. The maximum atomic E-state index is 13.0. The zero-order valence-electron chi connectivity index (χ0n) is 15.7. The minimum Gasteiger partial charge on any atom is -0.392 e. The van der Waals surface area contributed by atoms with E-state index in [4.69, 9.17) is 0 Å². The molecule has 2 aromatic heterocycles. The lowest BCUT2D eigenvalue weighted by molar-refractivity contribution is -0.00536. The van der Waals surface area contributed by atoms with Gasteiger partial charge < -0.3 is 14.6 Å². The number of likely N-dealkylation sites (tertiary alicyclic amines) is 1. The van der Waals surface area contributed by atoms with Crippen LogP contribution in [0.25, 0.3) is 11.2 Å². The molecule has 140 valence electrons. The van der Waals surface area contributed by atoms with E-state index < -0.39 is 0 Å². The maximum Gasteiger partial charge on any atom is 0.255 e. The van der Waals surface area contributed by atoms with Crippen LogP contribution in [0.5, 0.6) is 0 Å². The van der Waals surface area contributed by atoms with E-state index in [0.717, 1.165) is 56.4 Å². The number of pyridine rings is 1.